The maximum atomic E-state index is 13.6. The first kappa shape index (κ1) is 24.0. The van der Waals surface area contributed by atoms with Crippen LogP contribution in [0.15, 0.2) is 54.7 Å². The first-order chi connectivity index (χ1) is 17.0. The summed E-state index contributed by atoms with van der Waals surface area (Å²) in [7, 11) is 4.15. The normalized spacial score (nSPS) is 19.8. The van der Waals surface area contributed by atoms with Crippen LogP contribution in [0.5, 0.6) is 0 Å². The lowest BCUT2D eigenvalue weighted by atomic mass is 9.89. The number of hydrogen-bond acceptors (Lipinski definition) is 3. The second-order valence-electron chi connectivity index (χ2n) is 10.6. The van der Waals surface area contributed by atoms with Crippen LogP contribution in [0.1, 0.15) is 41.1 Å². The molecule has 0 unspecified atom stereocenters. The second-order valence-corrected chi connectivity index (χ2v) is 10.6. The van der Waals surface area contributed by atoms with Crippen molar-refractivity contribution in [2.24, 2.45) is 5.92 Å². The zero-order valence-electron chi connectivity index (χ0n) is 21.0. The lowest BCUT2D eigenvalue weighted by Gasteiger charge is -2.33. The Morgan fingerprint density at radius 3 is 2.51 bits per heavy atom. The Morgan fingerprint density at radius 1 is 1.00 bits per heavy atom. The van der Waals surface area contributed by atoms with Crippen LogP contribution >= 0.6 is 0 Å². The summed E-state index contributed by atoms with van der Waals surface area (Å²) in [6.45, 7) is 6.70. The van der Waals surface area contributed by atoms with Gasteiger partial charge in [0.25, 0.3) is 5.91 Å². The number of piperidine rings is 1. The summed E-state index contributed by atoms with van der Waals surface area (Å²) in [6.07, 6.45) is 5.41. The van der Waals surface area contributed by atoms with Crippen LogP contribution in [0.25, 0.3) is 10.9 Å². The smallest absolute Gasteiger partial charge is 0.256 e. The predicted octanol–water partition coefficient (Wildman–Crippen LogP) is 4.68. The Balaban J connectivity index is 1.18. The molecule has 0 saturated carbocycles. The van der Waals surface area contributed by atoms with Gasteiger partial charge in [0.15, 0.2) is 0 Å². The largest absolute Gasteiger partial charge is 0.346 e. The SMILES string of the molecule is CN(C)CCn1ccc2cccc(C(=O)N3CC[C@H](CN4CCC(c5ccc(F)cc5)CC4)C3)c21. The molecule has 2 aliphatic rings. The highest BCUT2D eigenvalue weighted by Crippen LogP contribution is 2.30. The highest BCUT2D eigenvalue weighted by Gasteiger charge is 2.30. The number of hydrogen-bond donors (Lipinski definition) is 0. The number of likely N-dealkylation sites (tertiary alicyclic amines) is 2. The summed E-state index contributed by atoms with van der Waals surface area (Å²) >= 11 is 0. The summed E-state index contributed by atoms with van der Waals surface area (Å²) in [6, 6.07) is 15.2. The molecule has 186 valence electrons. The van der Waals surface area contributed by atoms with E-state index in [2.05, 4.69) is 51.7 Å². The fourth-order valence-electron chi connectivity index (χ4n) is 5.81. The van der Waals surface area contributed by atoms with Crippen LogP contribution in [-0.2, 0) is 6.54 Å². The third kappa shape index (κ3) is 5.44. The quantitative estimate of drug-likeness (QED) is 0.496. The lowest BCUT2D eigenvalue weighted by Crippen LogP contribution is -2.38. The van der Waals surface area contributed by atoms with E-state index in [1.807, 2.05) is 24.3 Å². The number of likely N-dealkylation sites (N-methyl/N-ethyl adjacent to an activating group) is 1. The van der Waals surface area contributed by atoms with Crippen molar-refractivity contribution >= 4 is 16.8 Å². The highest BCUT2D eigenvalue weighted by molar-refractivity contribution is 6.06. The van der Waals surface area contributed by atoms with Crippen molar-refractivity contribution in [1.29, 1.82) is 0 Å². The number of amides is 1. The third-order valence-electron chi connectivity index (χ3n) is 7.83. The van der Waals surface area contributed by atoms with Gasteiger partial charge in [0, 0.05) is 44.3 Å². The van der Waals surface area contributed by atoms with Crippen molar-refractivity contribution in [2.75, 3.05) is 53.4 Å². The van der Waals surface area contributed by atoms with Crippen molar-refractivity contribution in [2.45, 2.75) is 31.7 Å². The predicted molar refractivity (Wildman–Crippen MR) is 139 cm³/mol. The molecule has 6 heteroatoms. The molecule has 0 radical (unpaired) electrons. The Labute approximate surface area is 208 Å². The Morgan fingerprint density at radius 2 is 1.77 bits per heavy atom. The maximum absolute atomic E-state index is 13.6. The van der Waals surface area contributed by atoms with Gasteiger partial charge in [-0.05, 0) is 88.1 Å². The first-order valence-corrected chi connectivity index (χ1v) is 13.0. The van der Waals surface area contributed by atoms with Gasteiger partial charge in [-0.1, -0.05) is 24.3 Å². The summed E-state index contributed by atoms with van der Waals surface area (Å²) in [5.41, 5.74) is 3.14. The summed E-state index contributed by atoms with van der Waals surface area (Å²) in [5.74, 6) is 1.06. The maximum Gasteiger partial charge on any atom is 0.256 e. The number of rotatable bonds is 7. The molecule has 5 nitrogen and oxygen atoms in total. The zero-order valence-corrected chi connectivity index (χ0v) is 21.0. The molecule has 2 aromatic carbocycles. The molecule has 5 rings (SSSR count). The molecule has 35 heavy (non-hydrogen) atoms. The number of carbonyl (C=O) groups excluding carboxylic acids is 1. The number of fused-ring (bicyclic) bond motifs is 1. The van der Waals surface area contributed by atoms with Gasteiger partial charge in [-0.15, -0.1) is 0 Å². The number of halogens is 1. The summed E-state index contributed by atoms with van der Waals surface area (Å²) < 4.78 is 15.5. The van der Waals surface area contributed by atoms with Crippen LogP contribution in [0.2, 0.25) is 0 Å². The average molecular weight is 477 g/mol. The fourth-order valence-corrected chi connectivity index (χ4v) is 5.81. The Kier molecular flexibility index (Phi) is 7.21. The molecule has 1 aromatic heterocycles. The van der Waals surface area contributed by atoms with Gasteiger partial charge in [0.2, 0.25) is 0 Å². The zero-order chi connectivity index (χ0) is 24.4. The van der Waals surface area contributed by atoms with Crippen LogP contribution in [-0.4, -0.2) is 78.5 Å². The standard InChI is InChI=1S/C29H37FN4O/c1-31(2)18-19-33-17-13-25-4-3-5-27(28(25)33)29(35)34-16-10-22(21-34)20-32-14-11-24(12-15-32)23-6-8-26(30)9-7-23/h3-9,13,17,22,24H,10-12,14-16,18-21H2,1-2H3/t22-/m1/s1. The Bertz CT molecular complexity index is 1150. The lowest BCUT2D eigenvalue weighted by molar-refractivity contribution is 0.0783. The van der Waals surface area contributed by atoms with Gasteiger partial charge in [0.05, 0.1) is 11.1 Å². The second kappa shape index (κ2) is 10.5. The minimum atomic E-state index is -0.162. The molecule has 2 aliphatic heterocycles. The number of carbonyl (C=O) groups is 1. The molecule has 1 amide bonds. The third-order valence-corrected chi connectivity index (χ3v) is 7.83. The van der Waals surface area contributed by atoms with E-state index in [1.165, 1.54) is 5.56 Å². The topological polar surface area (TPSA) is 31.7 Å². The van der Waals surface area contributed by atoms with E-state index in [0.29, 0.717) is 11.8 Å². The van der Waals surface area contributed by atoms with Gasteiger partial charge in [-0.25, -0.2) is 4.39 Å². The monoisotopic (exact) mass is 476 g/mol. The molecule has 1 atom stereocenters. The van der Waals surface area contributed by atoms with Gasteiger partial charge >= 0.3 is 0 Å². The molecule has 2 saturated heterocycles. The molecule has 3 aromatic rings. The van der Waals surface area contributed by atoms with Crippen LogP contribution in [0.4, 0.5) is 4.39 Å². The first-order valence-electron chi connectivity index (χ1n) is 13.0. The van der Waals surface area contributed by atoms with Crippen LogP contribution in [0, 0.1) is 11.7 Å². The van der Waals surface area contributed by atoms with E-state index >= 15 is 0 Å². The van der Waals surface area contributed by atoms with Crippen molar-refractivity contribution in [3.8, 4) is 0 Å². The summed E-state index contributed by atoms with van der Waals surface area (Å²) in [5, 5.41) is 1.13. The van der Waals surface area contributed by atoms with Crippen LogP contribution in [0.3, 0.4) is 0 Å². The molecule has 0 aliphatic carbocycles. The highest BCUT2D eigenvalue weighted by atomic mass is 19.1. The van der Waals surface area contributed by atoms with Crippen molar-refractivity contribution in [3.05, 3.63) is 71.7 Å². The van der Waals surface area contributed by atoms with E-state index in [1.54, 1.807) is 12.1 Å². The van der Waals surface area contributed by atoms with Gasteiger partial charge < -0.3 is 19.3 Å². The van der Waals surface area contributed by atoms with E-state index in [-0.39, 0.29) is 11.7 Å². The number of aromatic nitrogens is 1. The molecule has 2 fully saturated rings. The number of benzene rings is 2. The molecular formula is C29H37FN4O. The minimum absolute atomic E-state index is 0.162. The van der Waals surface area contributed by atoms with Crippen molar-refractivity contribution in [1.82, 2.24) is 19.3 Å². The molecule has 0 bridgehead atoms. The average Bonchev–Trinajstić information content (AvgIpc) is 3.50. The van der Waals surface area contributed by atoms with Crippen molar-refractivity contribution < 1.29 is 9.18 Å². The van der Waals surface area contributed by atoms with E-state index < -0.39 is 0 Å². The van der Waals surface area contributed by atoms with Gasteiger partial charge in [-0.2, -0.15) is 0 Å². The van der Waals surface area contributed by atoms with E-state index in [0.717, 1.165) is 81.5 Å². The molecule has 3 heterocycles. The Hall–Kier alpha value is -2.70. The minimum Gasteiger partial charge on any atom is -0.346 e. The van der Waals surface area contributed by atoms with E-state index in [4.69, 9.17) is 0 Å². The van der Waals surface area contributed by atoms with Gasteiger partial charge in [-0.3, -0.25) is 4.79 Å². The number of para-hydroxylation sites is 1. The number of nitrogens with zero attached hydrogens (tertiary/aromatic N) is 4. The van der Waals surface area contributed by atoms with Crippen LogP contribution < -0.4 is 0 Å². The molecular weight excluding hydrogens is 439 g/mol. The summed E-state index contributed by atoms with van der Waals surface area (Å²) in [4.78, 5) is 20.4. The van der Waals surface area contributed by atoms with Gasteiger partial charge in [0.1, 0.15) is 5.82 Å². The van der Waals surface area contributed by atoms with Crippen molar-refractivity contribution in [3.63, 3.8) is 0 Å². The molecule has 0 N–H and O–H groups in total. The fraction of sp³-hybridized carbons (Fsp3) is 0.483. The van der Waals surface area contributed by atoms with E-state index in [9.17, 15) is 9.18 Å². The molecule has 0 spiro atoms.